The zero-order valence-corrected chi connectivity index (χ0v) is 16.2. The predicted octanol–water partition coefficient (Wildman–Crippen LogP) is 4.02. The molecule has 0 aliphatic heterocycles. The van der Waals surface area contributed by atoms with E-state index in [-0.39, 0.29) is 0 Å². The molecular weight excluding hydrogens is 385 g/mol. The van der Waals surface area contributed by atoms with Crippen LogP contribution in [-0.4, -0.2) is 47.5 Å². The molecular formula is C19H21F3N6O. The van der Waals surface area contributed by atoms with E-state index in [9.17, 15) is 13.2 Å². The molecule has 1 aromatic carbocycles. The van der Waals surface area contributed by atoms with Crippen molar-refractivity contribution in [3.63, 3.8) is 0 Å². The van der Waals surface area contributed by atoms with Gasteiger partial charge in [-0.2, -0.15) is 18.3 Å². The van der Waals surface area contributed by atoms with Crippen molar-refractivity contribution in [2.75, 3.05) is 37.5 Å². The first-order valence-corrected chi connectivity index (χ1v) is 8.82. The van der Waals surface area contributed by atoms with Crippen LogP contribution >= 0.6 is 0 Å². The molecule has 0 spiro atoms. The molecule has 0 aliphatic carbocycles. The van der Waals surface area contributed by atoms with E-state index in [1.54, 1.807) is 13.2 Å². The van der Waals surface area contributed by atoms with Crippen molar-refractivity contribution in [2.45, 2.75) is 13.1 Å². The summed E-state index contributed by atoms with van der Waals surface area (Å²) in [5.41, 5.74) is 0.628. The van der Waals surface area contributed by atoms with Crippen molar-refractivity contribution in [2.24, 2.45) is 0 Å². The van der Waals surface area contributed by atoms with Crippen molar-refractivity contribution < 1.29 is 17.9 Å². The lowest BCUT2D eigenvalue weighted by molar-refractivity contribution is -0.137. The third-order valence-electron chi connectivity index (χ3n) is 4.17. The molecule has 2 heterocycles. The number of nitrogens with one attached hydrogen (secondary N) is 2. The summed E-state index contributed by atoms with van der Waals surface area (Å²) in [6.07, 6.45) is -4.40. The number of H-pyrrole nitrogens is 1. The minimum Gasteiger partial charge on any atom is -0.383 e. The van der Waals surface area contributed by atoms with Crippen molar-refractivity contribution >= 4 is 17.5 Å². The first kappa shape index (κ1) is 20.6. The van der Waals surface area contributed by atoms with Crippen LogP contribution in [0.2, 0.25) is 0 Å². The lowest BCUT2D eigenvalue weighted by Crippen LogP contribution is -2.23. The number of rotatable bonds is 7. The lowest BCUT2D eigenvalue weighted by Gasteiger charge is -2.19. The molecule has 3 aromatic rings. The van der Waals surface area contributed by atoms with E-state index in [2.05, 4.69) is 25.5 Å². The Kier molecular flexibility index (Phi) is 6.02. The van der Waals surface area contributed by atoms with Crippen LogP contribution < -0.4 is 10.2 Å². The minimum atomic E-state index is -4.40. The number of nitrogens with zero attached hydrogens (tertiary/aromatic N) is 4. The van der Waals surface area contributed by atoms with E-state index in [4.69, 9.17) is 4.74 Å². The Morgan fingerprint density at radius 3 is 2.41 bits per heavy atom. The number of aromatic amines is 1. The standard InChI is InChI=1S/C19H21F3N6O/c1-12-10-16(27-26-12)23-15-11-17(28(2)8-9-29-3)25-18(24-15)13-4-6-14(7-5-13)19(20,21)22/h4-7,10-11H,8-9H2,1-3H3,(H2,23,24,25,26,27). The number of aromatic nitrogens is 4. The highest BCUT2D eigenvalue weighted by atomic mass is 19.4. The molecule has 0 radical (unpaired) electrons. The quantitative estimate of drug-likeness (QED) is 0.617. The van der Waals surface area contributed by atoms with Gasteiger partial charge in [0.25, 0.3) is 0 Å². The molecule has 0 unspecified atom stereocenters. The molecule has 0 saturated carbocycles. The second kappa shape index (κ2) is 8.48. The van der Waals surface area contributed by atoms with Crippen LogP contribution in [0.3, 0.4) is 0 Å². The number of ether oxygens (including phenoxy) is 1. The van der Waals surface area contributed by atoms with Gasteiger partial charge < -0.3 is 15.0 Å². The Morgan fingerprint density at radius 1 is 1.10 bits per heavy atom. The van der Waals surface area contributed by atoms with E-state index in [1.807, 2.05) is 24.9 Å². The van der Waals surface area contributed by atoms with Crippen molar-refractivity contribution in [1.29, 1.82) is 0 Å². The number of anilines is 3. The largest absolute Gasteiger partial charge is 0.416 e. The van der Waals surface area contributed by atoms with Crippen LogP contribution in [0.25, 0.3) is 11.4 Å². The van der Waals surface area contributed by atoms with Crippen LogP contribution in [0.4, 0.5) is 30.6 Å². The van der Waals surface area contributed by atoms with Crippen LogP contribution in [-0.2, 0) is 10.9 Å². The summed E-state index contributed by atoms with van der Waals surface area (Å²) < 4.78 is 43.6. The minimum absolute atomic E-state index is 0.301. The summed E-state index contributed by atoms with van der Waals surface area (Å²) in [5, 5.41) is 10.0. The van der Waals surface area contributed by atoms with Gasteiger partial charge in [0.1, 0.15) is 11.6 Å². The van der Waals surface area contributed by atoms with Crippen LogP contribution in [0.15, 0.2) is 36.4 Å². The van der Waals surface area contributed by atoms with E-state index in [0.29, 0.717) is 42.0 Å². The Labute approximate surface area is 165 Å². The highest BCUT2D eigenvalue weighted by Crippen LogP contribution is 2.31. The molecule has 7 nitrogen and oxygen atoms in total. The summed E-state index contributed by atoms with van der Waals surface area (Å²) in [4.78, 5) is 10.8. The van der Waals surface area contributed by atoms with Gasteiger partial charge in [-0.3, -0.25) is 5.10 Å². The fraction of sp³-hybridized carbons (Fsp3) is 0.316. The monoisotopic (exact) mass is 406 g/mol. The first-order chi connectivity index (χ1) is 13.8. The molecule has 0 fully saturated rings. The summed E-state index contributed by atoms with van der Waals surface area (Å²) in [6, 6.07) is 8.31. The van der Waals surface area contributed by atoms with Gasteiger partial charge in [-0.05, 0) is 19.1 Å². The maximum absolute atomic E-state index is 12.8. The van der Waals surface area contributed by atoms with Crippen LogP contribution in [0.1, 0.15) is 11.3 Å². The number of likely N-dealkylation sites (N-methyl/N-ethyl adjacent to an activating group) is 1. The number of hydrogen-bond acceptors (Lipinski definition) is 6. The molecule has 0 bridgehead atoms. The molecule has 0 saturated heterocycles. The molecule has 2 N–H and O–H groups in total. The van der Waals surface area contributed by atoms with Gasteiger partial charge in [-0.1, -0.05) is 12.1 Å². The normalized spacial score (nSPS) is 11.5. The third kappa shape index (κ3) is 5.23. The fourth-order valence-electron chi connectivity index (χ4n) is 2.59. The Balaban J connectivity index is 1.97. The molecule has 154 valence electrons. The zero-order valence-electron chi connectivity index (χ0n) is 16.2. The van der Waals surface area contributed by atoms with E-state index in [1.165, 1.54) is 12.1 Å². The Bertz CT molecular complexity index is 955. The van der Waals surface area contributed by atoms with Crippen LogP contribution in [0, 0.1) is 6.92 Å². The molecule has 29 heavy (non-hydrogen) atoms. The molecule has 3 rings (SSSR count). The Hall–Kier alpha value is -3.14. The van der Waals surface area contributed by atoms with Crippen molar-refractivity contribution in [3.05, 3.63) is 47.7 Å². The number of methoxy groups -OCH3 is 1. The smallest absolute Gasteiger partial charge is 0.383 e. The summed E-state index contributed by atoms with van der Waals surface area (Å²) >= 11 is 0. The van der Waals surface area contributed by atoms with Gasteiger partial charge in [-0.25, -0.2) is 9.97 Å². The first-order valence-electron chi connectivity index (χ1n) is 8.82. The molecule has 0 atom stereocenters. The lowest BCUT2D eigenvalue weighted by atomic mass is 10.1. The number of halogens is 3. The van der Waals surface area contributed by atoms with Crippen LogP contribution in [0.5, 0.6) is 0 Å². The van der Waals surface area contributed by atoms with E-state index < -0.39 is 11.7 Å². The van der Waals surface area contributed by atoms with Crippen molar-refractivity contribution in [3.8, 4) is 11.4 Å². The molecule has 10 heteroatoms. The van der Waals surface area contributed by atoms with Gasteiger partial charge in [-0.15, -0.1) is 0 Å². The molecule has 2 aromatic heterocycles. The second-order valence-corrected chi connectivity index (χ2v) is 6.49. The van der Waals surface area contributed by atoms with Gasteiger partial charge >= 0.3 is 6.18 Å². The van der Waals surface area contributed by atoms with E-state index in [0.717, 1.165) is 17.8 Å². The fourth-order valence-corrected chi connectivity index (χ4v) is 2.59. The number of aryl methyl sites for hydroxylation is 1. The van der Waals surface area contributed by atoms with Gasteiger partial charge in [0.05, 0.1) is 12.2 Å². The summed E-state index contributed by atoms with van der Waals surface area (Å²) in [7, 11) is 3.45. The van der Waals surface area contributed by atoms with E-state index >= 15 is 0 Å². The number of alkyl halides is 3. The summed E-state index contributed by atoms with van der Waals surface area (Å²) in [6.45, 7) is 2.95. The predicted molar refractivity (Wildman–Crippen MR) is 104 cm³/mol. The maximum Gasteiger partial charge on any atom is 0.416 e. The number of benzene rings is 1. The highest BCUT2D eigenvalue weighted by Gasteiger charge is 2.30. The second-order valence-electron chi connectivity index (χ2n) is 6.49. The average molecular weight is 406 g/mol. The zero-order chi connectivity index (χ0) is 21.0. The SMILES string of the molecule is COCCN(C)c1cc(Nc2cc(C)[nH]n2)nc(-c2ccc(C(F)(F)F)cc2)n1. The maximum atomic E-state index is 12.8. The Morgan fingerprint density at radius 2 is 1.83 bits per heavy atom. The van der Waals surface area contributed by atoms with Gasteiger partial charge in [0.2, 0.25) is 0 Å². The summed E-state index contributed by atoms with van der Waals surface area (Å²) in [5.74, 6) is 1.95. The van der Waals surface area contributed by atoms with Gasteiger partial charge in [0, 0.05) is 44.1 Å². The topological polar surface area (TPSA) is 79.0 Å². The molecule has 0 aliphatic rings. The number of hydrogen-bond donors (Lipinski definition) is 2. The van der Waals surface area contributed by atoms with Crippen molar-refractivity contribution in [1.82, 2.24) is 20.2 Å². The average Bonchev–Trinajstić information content (AvgIpc) is 3.09. The third-order valence-corrected chi connectivity index (χ3v) is 4.17. The highest BCUT2D eigenvalue weighted by molar-refractivity contribution is 5.64. The molecule has 0 amide bonds. The van der Waals surface area contributed by atoms with Gasteiger partial charge in [0.15, 0.2) is 11.6 Å².